The number of carbonyl (C=O) groups excluding carboxylic acids is 1. The fourth-order valence-corrected chi connectivity index (χ4v) is 7.95. The fraction of sp³-hybridized carbons (Fsp3) is 0.680. The Labute approximate surface area is 220 Å². The first kappa shape index (κ1) is 26.6. The van der Waals surface area contributed by atoms with E-state index in [2.05, 4.69) is 9.88 Å². The molecule has 2 aliphatic carbocycles. The number of aryl methyl sites for hydroxylation is 1. The molecule has 5 rings (SSSR count). The zero-order valence-corrected chi connectivity index (χ0v) is 22.6. The first-order chi connectivity index (χ1) is 17.3. The third kappa shape index (κ3) is 5.05. The summed E-state index contributed by atoms with van der Waals surface area (Å²) in [5.74, 6) is -1.80. The lowest BCUT2D eigenvalue weighted by Gasteiger charge is -2.45. The van der Waals surface area contributed by atoms with Gasteiger partial charge in [0.15, 0.2) is 0 Å². The maximum atomic E-state index is 14.3. The standard InChI is InChI=1S/C25H33ClF3N5O2S/c1-32(24(35)16-10-19(11-16)37(2,30)36)23(25(27,28)29)15-5-7-18(8-6-15)33-9-3-4-20-21(33)13-31-22-12-17(26)14-34(20)22/h12-16,18-19,23,30H,3-11H2,1-2H3/t15?,16?,18?,19?,23-,37-/m0/s1. The molecule has 1 N–H and O–H groups in total. The third-order valence-corrected chi connectivity index (χ3v) is 10.5. The van der Waals surface area contributed by atoms with Crippen LogP contribution in [0.4, 0.5) is 18.9 Å². The van der Waals surface area contributed by atoms with Crippen molar-refractivity contribution >= 4 is 38.6 Å². The van der Waals surface area contributed by atoms with Crippen LogP contribution >= 0.6 is 11.6 Å². The van der Waals surface area contributed by atoms with Crippen molar-refractivity contribution in [1.29, 1.82) is 4.78 Å². The molecule has 204 valence electrons. The maximum Gasteiger partial charge on any atom is 0.409 e. The van der Waals surface area contributed by atoms with E-state index in [-0.39, 0.29) is 18.9 Å². The minimum Gasteiger partial charge on any atom is -0.366 e. The van der Waals surface area contributed by atoms with Gasteiger partial charge in [-0.3, -0.25) is 9.57 Å². The van der Waals surface area contributed by atoms with Crippen molar-refractivity contribution in [1.82, 2.24) is 14.3 Å². The smallest absolute Gasteiger partial charge is 0.366 e. The van der Waals surface area contributed by atoms with Crippen LogP contribution in [0.25, 0.3) is 5.65 Å². The Bertz CT molecular complexity index is 1280. The molecule has 2 aromatic rings. The van der Waals surface area contributed by atoms with Crippen molar-refractivity contribution in [2.24, 2.45) is 11.8 Å². The number of carbonyl (C=O) groups is 1. The van der Waals surface area contributed by atoms with Crippen molar-refractivity contribution in [2.45, 2.75) is 74.9 Å². The average molecular weight is 560 g/mol. The van der Waals surface area contributed by atoms with Crippen LogP contribution in [0.3, 0.4) is 0 Å². The summed E-state index contributed by atoms with van der Waals surface area (Å²) >= 11 is 6.18. The minimum atomic E-state index is -4.53. The van der Waals surface area contributed by atoms with E-state index in [1.807, 2.05) is 22.9 Å². The Balaban J connectivity index is 1.27. The van der Waals surface area contributed by atoms with Gasteiger partial charge >= 0.3 is 6.18 Å². The molecular weight excluding hydrogens is 527 g/mol. The van der Waals surface area contributed by atoms with Gasteiger partial charge < -0.3 is 14.2 Å². The van der Waals surface area contributed by atoms with E-state index >= 15 is 0 Å². The molecule has 1 aliphatic heterocycles. The van der Waals surface area contributed by atoms with Crippen molar-refractivity contribution < 1.29 is 22.2 Å². The molecule has 0 spiro atoms. The summed E-state index contributed by atoms with van der Waals surface area (Å²) in [6.07, 6.45) is 4.80. The molecule has 2 fully saturated rings. The number of halogens is 4. The van der Waals surface area contributed by atoms with Crippen LogP contribution in [-0.2, 0) is 20.9 Å². The summed E-state index contributed by atoms with van der Waals surface area (Å²) in [4.78, 5) is 20.7. The second kappa shape index (κ2) is 9.63. The molecule has 0 aromatic carbocycles. The normalized spacial score (nSPS) is 28.8. The molecule has 12 heteroatoms. The highest BCUT2D eigenvalue weighted by Gasteiger charge is 2.51. The fourth-order valence-electron chi connectivity index (χ4n) is 6.56. The van der Waals surface area contributed by atoms with Crippen LogP contribution in [0.1, 0.15) is 50.6 Å². The van der Waals surface area contributed by atoms with Crippen LogP contribution < -0.4 is 4.90 Å². The summed E-state index contributed by atoms with van der Waals surface area (Å²) in [5.41, 5.74) is 2.94. The molecular formula is C25H33ClF3N5O2S. The zero-order valence-electron chi connectivity index (χ0n) is 21.0. The zero-order chi connectivity index (χ0) is 26.7. The molecule has 3 aliphatic rings. The van der Waals surface area contributed by atoms with E-state index in [9.17, 15) is 22.2 Å². The molecule has 3 heterocycles. The number of hydrogen-bond acceptors (Lipinski definition) is 5. The van der Waals surface area contributed by atoms with Crippen LogP contribution in [-0.4, -0.2) is 67.8 Å². The van der Waals surface area contributed by atoms with Gasteiger partial charge in [0, 0.05) is 64.7 Å². The lowest BCUT2D eigenvalue weighted by Crippen LogP contribution is -2.56. The predicted molar refractivity (Wildman–Crippen MR) is 138 cm³/mol. The number of anilines is 1. The summed E-state index contributed by atoms with van der Waals surface area (Å²) in [6, 6.07) is 0.106. The van der Waals surface area contributed by atoms with Crippen LogP contribution in [0.15, 0.2) is 18.5 Å². The molecule has 0 radical (unpaired) electrons. The van der Waals surface area contributed by atoms with Crippen LogP contribution in [0.5, 0.6) is 0 Å². The number of fused-ring (bicyclic) bond motifs is 3. The van der Waals surface area contributed by atoms with Gasteiger partial charge in [-0.2, -0.15) is 13.2 Å². The molecule has 37 heavy (non-hydrogen) atoms. The highest BCUT2D eigenvalue weighted by molar-refractivity contribution is 7.92. The summed E-state index contributed by atoms with van der Waals surface area (Å²) in [5, 5.41) is 0.205. The molecule has 2 aromatic heterocycles. The maximum absolute atomic E-state index is 14.3. The third-order valence-electron chi connectivity index (χ3n) is 8.60. The number of hydrogen-bond donors (Lipinski definition) is 1. The quantitative estimate of drug-likeness (QED) is 0.550. The molecule has 1 amide bonds. The van der Waals surface area contributed by atoms with Gasteiger partial charge in [0.1, 0.15) is 11.7 Å². The predicted octanol–water partition coefficient (Wildman–Crippen LogP) is 5.14. The highest BCUT2D eigenvalue weighted by atomic mass is 35.5. The molecule has 0 bridgehead atoms. The van der Waals surface area contributed by atoms with E-state index in [4.69, 9.17) is 16.4 Å². The highest BCUT2D eigenvalue weighted by Crippen LogP contribution is 2.42. The molecule has 7 nitrogen and oxygen atoms in total. The van der Waals surface area contributed by atoms with Gasteiger partial charge in [0.05, 0.1) is 16.9 Å². The van der Waals surface area contributed by atoms with Gasteiger partial charge in [0.2, 0.25) is 5.91 Å². The molecule has 0 unspecified atom stereocenters. The number of amides is 1. The Hall–Kier alpha value is -2.01. The molecule has 2 atom stereocenters. The van der Waals surface area contributed by atoms with Crippen LogP contribution in [0, 0.1) is 16.6 Å². The lowest BCUT2D eigenvalue weighted by atomic mass is 9.78. The van der Waals surface area contributed by atoms with Crippen molar-refractivity contribution in [2.75, 3.05) is 24.7 Å². The Morgan fingerprint density at radius 1 is 1.27 bits per heavy atom. The Kier molecular flexibility index (Phi) is 6.92. The lowest BCUT2D eigenvalue weighted by molar-refractivity contribution is -0.203. The summed E-state index contributed by atoms with van der Waals surface area (Å²) in [7, 11) is -1.53. The van der Waals surface area contributed by atoms with E-state index < -0.39 is 44.9 Å². The number of rotatable bonds is 5. The van der Waals surface area contributed by atoms with E-state index in [0.717, 1.165) is 41.3 Å². The van der Waals surface area contributed by atoms with Gasteiger partial charge in [-0.15, -0.1) is 0 Å². The molecule has 2 saturated carbocycles. The second-order valence-electron chi connectivity index (χ2n) is 11.0. The summed E-state index contributed by atoms with van der Waals surface area (Å²) in [6.45, 7) is 0.838. The number of alkyl halides is 3. The van der Waals surface area contributed by atoms with E-state index in [1.54, 1.807) is 0 Å². The topological polar surface area (TPSA) is 81.8 Å². The largest absolute Gasteiger partial charge is 0.409 e. The van der Waals surface area contributed by atoms with Gasteiger partial charge in [-0.1, -0.05) is 11.6 Å². The Morgan fingerprint density at radius 3 is 2.57 bits per heavy atom. The second-order valence-corrected chi connectivity index (χ2v) is 13.9. The summed E-state index contributed by atoms with van der Waals surface area (Å²) < 4.78 is 64.4. The van der Waals surface area contributed by atoms with Gasteiger partial charge in [-0.25, -0.2) is 9.19 Å². The van der Waals surface area contributed by atoms with Crippen molar-refractivity contribution in [3.05, 3.63) is 29.2 Å². The first-order valence-electron chi connectivity index (χ1n) is 12.8. The average Bonchev–Trinajstić information content (AvgIpc) is 3.17. The van der Waals surface area contributed by atoms with Crippen molar-refractivity contribution in [3.63, 3.8) is 0 Å². The van der Waals surface area contributed by atoms with Gasteiger partial charge in [0.25, 0.3) is 0 Å². The SMILES string of the molecule is CN(C(=O)C1CC([S@@](C)(=N)=O)C1)[C@@H](C1CCC(N2CCCc3c2cnc2cc(Cl)cn32)CC1)C(F)(F)F. The van der Waals surface area contributed by atoms with E-state index in [1.165, 1.54) is 13.3 Å². The van der Waals surface area contributed by atoms with Gasteiger partial charge in [-0.05, 0) is 57.3 Å². The number of aromatic nitrogens is 2. The van der Waals surface area contributed by atoms with Crippen LogP contribution in [0.2, 0.25) is 5.02 Å². The van der Waals surface area contributed by atoms with Crippen molar-refractivity contribution in [3.8, 4) is 0 Å². The number of nitrogens with one attached hydrogen (secondary N) is 1. The Morgan fingerprint density at radius 2 is 1.95 bits per heavy atom. The molecule has 0 saturated heterocycles. The monoisotopic (exact) mass is 559 g/mol. The van der Waals surface area contributed by atoms with E-state index in [0.29, 0.717) is 30.7 Å². The first-order valence-corrected chi connectivity index (χ1v) is 15.2. The number of nitrogens with zero attached hydrogens (tertiary/aromatic N) is 4. The minimum absolute atomic E-state index is 0.123.